The molecule has 0 aromatic rings. The topological polar surface area (TPSA) is 92.7 Å². The van der Waals surface area contributed by atoms with Crippen LogP contribution in [0.25, 0.3) is 0 Å². The molecule has 6 nitrogen and oxygen atoms in total. The van der Waals surface area contributed by atoms with E-state index in [1.807, 2.05) is 0 Å². The van der Waals surface area contributed by atoms with Gasteiger partial charge in [-0.3, -0.25) is 4.79 Å². The molecule has 2 atom stereocenters. The van der Waals surface area contributed by atoms with Crippen LogP contribution in [-0.2, 0) is 19.6 Å². The summed E-state index contributed by atoms with van der Waals surface area (Å²) < 4.78 is 29.8. The molecule has 0 saturated carbocycles. The summed E-state index contributed by atoms with van der Waals surface area (Å²) in [6.07, 6.45) is 0.388. The number of aliphatic carboxylic acids is 1. The average Bonchev–Trinajstić information content (AvgIpc) is 2.32. The molecular formula is C7H13NO5S. The summed E-state index contributed by atoms with van der Waals surface area (Å²) in [5.74, 6) is -2.25. The minimum absolute atomic E-state index is 0.196. The van der Waals surface area contributed by atoms with E-state index in [9.17, 15) is 13.2 Å². The minimum Gasteiger partial charge on any atom is -0.480 e. The highest BCUT2D eigenvalue weighted by atomic mass is 32.2. The van der Waals surface area contributed by atoms with Crippen molar-refractivity contribution in [1.29, 1.82) is 0 Å². The first-order valence-corrected chi connectivity index (χ1v) is 5.89. The van der Waals surface area contributed by atoms with Gasteiger partial charge in [0.25, 0.3) is 0 Å². The Morgan fingerprint density at radius 1 is 1.64 bits per heavy atom. The molecule has 0 aromatic heterocycles. The Kier molecular flexibility index (Phi) is 3.46. The molecule has 0 spiro atoms. The Labute approximate surface area is 82.3 Å². The molecule has 0 amide bonds. The third-order valence-electron chi connectivity index (χ3n) is 2.02. The average molecular weight is 223 g/mol. The highest BCUT2D eigenvalue weighted by Gasteiger charge is 2.29. The zero-order valence-electron chi connectivity index (χ0n) is 7.76. The summed E-state index contributed by atoms with van der Waals surface area (Å²) in [4.78, 5) is 10.2. The van der Waals surface area contributed by atoms with Gasteiger partial charge in [-0.05, 0) is 13.3 Å². The van der Waals surface area contributed by atoms with Crippen molar-refractivity contribution in [3.63, 3.8) is 0 Å². The third kappa shape index (κ3) is 3.24. The minimum atomic E-state index is -3.73. The molecular weight excluding hydrogens is 210 g/mol. The number of ether oxygens (including phenoxy) is 1. The number of hydrogen-bond donors (Lipinski definition) is 2. The van der Waals surface area contributed by atoms with Gasteiger partial charge in [-0.15, -0.1) is 0 Å². The second-order valence-electron chi connectivity index (χ2n) is 3.24. The van der Waals surface area contributed by atoms with E-state index in [4.69, 9.17) is 9.84 Å². The summed E-state index contributed by atoms with van der Waals surface area (Å²) in [5.41, 5.74) is 0. The molecule has 2 N–H and O–H groups in total. The van der Waals surface area contributed by atoms with Crippen molar-refractivity contribution >= 4 is 16.0 Å². The van der Waals surface area contributed by atoms with E-state index >= 15 is 0 Å². The van der Waals surface area contributed by atoms with Crippen LogP contribution in [0.15, 0.2) is 0 Å². The maximum absolute atomic E-state index is 11.2. The van der Waals surface area contributed by atoms with Crippen molar-refractivity contribution in [2.24, 2.45) is 0 Å². The first kappa shape index (κ1) is 11.4. The Bertz CT molecular complexity index is 312. The van der Waals surface area contributed by atoms with E-state index in [1.54, 1.807) is 6.92 Å². The second-order valence-corrected chi connectivity index (χ2v) is 5.00. The summed E-state index contributed by atoms with van der Waals surface area (Å²) in [7, 11) is -3.73. The standard InChI is InChI=1S/C7H13NO5S/c1-5-6(2-3-13-5)8-14(11,12)4-7(9)10/h5-6,8H,2-4H2,1H3,(H,9,10). The molecule has 1 aliphatic heterocycles. The lowest BCUT2D eigenvalue weighted by Crippen LogP contribution is -2.41. The normalized spacial score (nSPS) is 27.8. The van der Waals surface area contributed by atoms with Gasteiger partial charge >= 0.3 is 5.97 Å². The van der Waals surface area contributed by atoms with Crippen LogP contribution < -0.4 is 4.72 Å². The van der Waals surface area contributed by atoms with Gasteiger partial charge in [0.05, 0.1) is 6.10 Å². The van der Waals surface area contributed by atoms with Gasteiger partial charge in [-0.2, -0.15) is 0 Å². The molecule has 1 saturated heterocycles. The van der Waals surface area contributed by atoms with E-state index < -0.39 is 21.7 Å². The largest absolute Gasteiger partial charge is 0.480 e. The van der Waals surface area contributed by atoms with Gasteiger partial charge in [-0.25, -0.2) is 13.1 Å². The van der Waals surface area contributed by atoms with Crippen LogP contribution in [0.3, 0.4) is 0 Å². The van der Waals surface area contributed by atoms with Crippen LogP contribution in [0.1, 0.15) is 13.3 Å². The van der Waals surface area contributed by atoms with E-state index in [-0.39, 0.29) is 12.1 Å². The molecule has 82 valence electrons. The Morgan fingerprint density at radius 3 is 2.71 bits per heavy atom. The molecule has 7 heteroatoms. The fourth-order valence-corrected chi connectivity index (χ4v) is 2.50. The predicted octanol–water partition coefficient (Wildman–Crippen LogP) is -0.832. The van der Waals surface area contributed by atoms with E-state index in [0.29, 0.717) is 13.0 Å². The van der Waals surface area contributed by atoms with Gasteiger partial charge in [0, 0.05) is 12.6 Å². The SMILES string of the molecule is CC1OCCC1NS(=O)(=O)CC(=O)O. The lowest BCUT2D eigenvalue weighted by atomic mass is 10.2. The van der Waals surface area contributed by atoms with Crippen molar-refractivity contribution < 1.29 is 23.1 Å². The molecule has 1 heterocycles. The molecule has 2 unspecified atom stereocenters. The Balaban J connectivity index is 2.54. The smallest absolute Gasteiger partial charge is 0.320 e. The van der Waals surface area contributed by atoms with Crippen LogP contribution in [0, 0.1) is 0 Å². The van der Waals surface area contributed by atoms with Gasteiger partial charge in [0.15, 0.2) is 5.75 Å². The predicted molar refractivity (Wildman–Crippen MR) is 48.4 cm³/mol. The highest BCUT2D eigenvalue weighted by Crippen LogP contribution is 2.13. The zero-order valence-corrected chi connectivity index (χ0v) is 8.58. The quantitative estimate of drug-likeness (QED) is 0.648. The van der Waals surface area contributed by atoms with Crippen LogP contribution in [-0.4, -0.2) is 44.0 Å². The Hall–Kier alpha value is -0.660. The summed E-state index contributed by atoms with van der Waals surface area (Å²) in [6, 6.07) is -0.306. The van der Waals surface area contributed by atoms with Crippen molar-refractivity contribution in [3.05, 3.63) is 0 Å². The zero-order chi connectivity index (χ0) is 10.8. The molecule has 0 aromatic carbocycles. The third-order valence-corrected chi connectivity index (χ3v) is 3.31. The van der Waals surface area contributed by atoms with Gasteiger partial charge in [0.2, 0.25) is 10.0 Å². The van der Waals surface area contributed by atoms with Crippen LogP contribution in [0.2, 0.25) is 0 Å². The molecule has 1 fully saturated rings. The summed E-state index contributed by atoms with van der Waals surface area (Å²) >= 11 is 0. The number of carboxylic acid groups (broad SMARTS) is 1. The fraction of sp³-hybridized carbons (Fsp3) is 0.857. The lowest BCUT2D eigenvalue weighted by Gasteiger charge is -2.14. The molecule has 0 aliphatic carbocycles. The lowest BCUT2D eigenvalue weighted by molar-refractivity contribution is -0.134. The van der Waals surface area contributed by atoms with Gasteiger partial charge in [0.1, 0.15) is 0 Å². The van der Waals surface area contributed by atoms with Crippen LogP contribution in [0.5, 0.6) is 0 Å². The number of carbonyl (C=O) groups is 1. The molecule has 0 bridgehead atoms. The maximum Gasteiger partial charge on any atom is 0.320 e. The highest BCUT2D eigenvalue weighted by molar-refractivity contribution is 7.90. The second kappa shape index (κ2) is 4.24. The summed E-state index contributed by atoms with van der Waals surface area (Å²) in [6.45, 7) is 2.25. The number of hydrogen-bond acceptors (Lipinski definition) is 4. The molecule has 14 heavy (non-hydrogen) atoms. The number of rotatable bonds is 4. The number of sulfonamides is 1. The van der Waals surface area contributed by atoms with Crippen molar-refractivity contribution in [1.82, 2.24) is 4.72 Å². The van der Waals surface area contributed by atoms with Gasteiger partial charge < -0.3 is 9.84 Å². The first-order valence-electron chi connectivity index (χ1n) is 4.24. The molecule has 1 rings (SSSR count). The van der Waals surface area contributed by atoms with E-state index in [0.717, 1.165) is 0 Å². The monoisotopic (exact) mass is 223 g/mol. The molecule has 1 aliphatic rings. The molecule has 0 radical (unpaired) electrons. The fourth-order valence-electron chi connectivity index (χ4n) is 1.32. The maximum atomic E-state index is 11.2. The van der Waals surface area contributed by atoms with E-state index in [2.05, 4.69) is 4.72 Å². The Morgan fingerprint density at radius 2 is 2.29 bits per heavy atom. The van der Waals surface area contributed by atoms with Crippen molar-refractivity contribution in [2.75, 3.05) is 12.4 Å². The van der Waals surface area contributed by atoms with E-state index in [1.165, 1.54) is 0 Å². The summed E-state index contributed by atoms with van der Waals surface area (Å²) in [5, 5.41) is 8.34. The first-order chi connectivity index (χ1) is 6.41. The number of nitrogens with one attached hydrogen (secondary N) is 1. The van der Waals surface area contributed by atoms with Crippen LogP contribution in [0.4, 0.5) is 0 Å². The van der Waals surface area contributed by atoms with Gasteiger partial charge in [-0.1, -0.05) is 0 Å². The van der Waals surface area contributed by atoms with Crippen molar-refractivity contribution in [3.8, 4) is 0 Å². The number of carboxylic acids is 1. The van der Waals surface area contributed by atoms with Crippen LogP contribution >= 0.6 is 0 Å². The van der Waals surface area contributed by atoms with Crippen molar-refractivity contribution in [2.45, 2.75) is 25.5 Å².